The summed E-state index contributed by atoms with van der Waals surface area (Å²) in [6.07, 6.45) is 3.63. The Hall–Kier alpha value is -2.92. The van der Waals surface area contributed by atoms with E-state index in [1.165, 1.54) is 0 Å². The number of aromatic hydroxyl groups is 1. The Morgan fingerprint density at radius 3 is 2.57 bits per heavy atom. The summed E-state index contributed by atoms with van der Waals surface area (Å²) in [5.74, 6) is -0.482. The summed E-state index contributed by atoms with van der Waals surface area (Å²) in [6.45, 7) is 0. The minimum atomic E-state index is -0.686. The van der Waals surface area contributed by atoms with Crippen molar-refractivity contribution in [2.24, 2.45) is 0 Å². The smallest absolute Gasteiger partial charge is 0.314 e. The first-order valence-electron chi connectivity index (χ1n) is 6.76. The molecule has 3 aromatic rings. The quantitative estimate of drug-likeness (QED) is 0.560. The zero-order valence-electron chi connectivity index (χ0n) is 11.8. The van der Waals surface area contributed by atoms with Gasteiger partial charge in [0, 0.05) is 11.5 Å². The predicted molar refractivity (Wildman–Crippen MR) is 90.4 cm³/mol. The molecule has 0 fully saturated rings. The van der Waals surface area contributed by atoms with Crippen LogP contribution in [0.15, 0.2) is 48.5 Å². The maximum atomic E-state index is 11.0. The zero-order chi connectivity index (χ0) is 16.4. The van der Waals surface area contributed by atoms with Crippen LogP contribution in [-0.4, -0.2) is 15.0 Å². The molecular weight excluding hydrogens is 316 g/mol. The number of hydrogen-bond acceptors (Lipinski definition) is 4. The number of nitrogens with zero attached hydrogens (tertiary/aromatic N) is 2. The van der Waals surface area contributed by atoms with Gasteiger partial charge in [-0.3, -0.25) is 10.1 Å². The lowest BCUT2D eigenvalue weighted by Crippen LogP contribution is -1.92. The standard InChI is InChI=1S/C17H11ClN2O3/c18-14-10-15(20(22)23)17(21)16-13(14)9-8-12(19-16)7-6-11-4-2-1-3-5-11/h1-10,21H/b7-6+. The fourth-order valence-corrected chi connectivity index (χ4v) is 2.47. The van der Waals surface area contributed by atoms with Gasteiger partial charge in [-0.25, -0.2) is 4.98 Å². The highest BCUT2D eigenvalue weighted by Gasteiger charge is 2.20. The lowest BCUT2D eigenvalue weighted by Gasteiger charge is -2.05. The number of halogens is 1. The minimum absolute atomic E-state index is 0.111. The second kappa shape index (κ2) is 6.06. The number of phenols is 1. The Balaban J connectivity index is 2.09. The van der Waals surface area contributed by atoms with E-state index >= 15 is 0 Å². The molecule has 6 heteroatoms. The van der Waals surface area contributed by atoms with E-state index in [1.807, 2.05) is 36.4 Å². The third-order valence-corrected chi connectivity index (χ3v) is 3.66. The number of pyridine rings is 1. The van der Waals surface area contributed by atoms with Crippen molar-refractivity contribution in [2.75, 3.05) is 0 Å². The summed E-state index contributed by atoms with van der Waals surface area (Å²) in [4.78, 5) is 14.5. The van der Waals surface area contributed by atoms with Crippen LogP contribution in [0.2, 0.25) is 5.02 Å². The monoisotopic (exact) mass is 326 g/mol. The lowest BCUT2D eigenvalue weighted by atomic mass is 10.1. The van der Waals surface area contributed by atoms with E-state index in [1.54, 1.807) is 18.2 Å². The molecule has 114 valence electrons. The second-order valence-electron chi connectivity index (χ2n) is 4.86. The van der Waals surface area contributed by atoms with Gasteiger partial charge in [0.1, 0.15) is 5.52 Å². The normalized spacial score (nSPS) is 11.2. The van der Waals surface area contributed by atoms with Gasteiger partial charge in [0.05, 0.1) is 15.6 Å². The van der Waals surface area contributed by atoms with Gasteiger partial charge in [0.2, 0.25) is 5.75 Å². The average molecular weight is 327 g/mol. The summed E-state index contributed by atoms with van der Waals surface area (Å²) >= 11 is 6.03. The third-order valence-electron chi connectivity index (χ3n) is 3.35. The van der Waals surface area contributed by atoms with Crippen LogP contribution in [0, 0.1) is 10.1 Å². The summed E-state index contributed by atoms with van der Waals surface area (Å²) < 4.78 is 0. The highest BCUT2D eigenvalue weighted by atomic mass is 35.5. The van der Waals surface area contributed by atoms with Crippen LogP contribution in [-0.2, 0) is 0 Å². The molecule has 0 saturated heterocycles. The van der Waals surface area contributed by atoms with Gasteiger partial charge in [-0.05, 0) is 23.8 Å². The Kier molecular flexibility index (Phi) is 3.95. The van der Waals surface area contributed by atoms with Crippen LogP contribution in [0.25, 0.3) is 23.1 Å². The fourth-order valence-electron chi connectivity index (χ4n) is 2.21. The number of hydrogen-bond donors (Lipinski definition) is 1. The first kappa shape index (κ1) is 15.0. The van der Waals surface area contributed by atoms with Crippen molar-refractivity contribution >= 4 is 40.3 Å². The van der Waals surface area contributed by atoms with Gasteiger partial charge < -0.3 is 5.11 Å². The molecule has 0 spiro atoms. The molecule has 0 aliphatic rings. The molecule has 1 aromatic heterocycles. The molecule has 3 rings (SSSR count). The van der Waals surface area contributed by atoms with E-state index in [-0.39, 0.29) is 10.5 Å². The van der Waals surface area contributed by atoms with Crippen molar-refractivity contribution in [1.29, 1.82) is 0 Å². The van der Waals surface area contributed by atoms with Gasteiger partial charge in [-0.1, -0.05) is 48.0 Å². The average Bonchev–Trinajstić information content (AvgIpc) is 2.57. The molecule has 1 N–H and O–H groups in total. The van der Waals surface area contributed by atoms with Crippen LogP contribution < -0.4 is 0 Å². The molecule has 0 atom stereocenters. The molecule has 0 aliphatic heterocycles. The van der Waals surface area contributed by atoms with Crippen molar-refractivity contribution in [3.05, 3.63) is 74.9 Å². The molecule has 0 unspecified atom stereocenters. The Morgan fingerprint density at radius 2 is 1.87 bits per heavy atom. The molecule has 0 amide bonds. The predicted octanol–water partition coefficient (Wildman–Crippen LogP) is 4.67. The van der Waals surface area contributed by atoms with Crippen LogP contribution in [0.4, 0.5) is 5.69 Å². The number of phenolic OH excluding ortho intramolecular Hbond substituents is 1. The molecule has 2 aromatic carbocycles. The van der Waals surface area contributed by atoms with Gasteiger partial charge >= 0.3 is 5.69 Å². The summed E-state index contributed by atoms with van der Waals surface area (Å²) in [6, 6.07) is 14.2. The first-order valence-corrected chi connectivity index (χ1v) is 7.14. The van der Waals surface area contributed by atoms with Gasteiger partial charge in [0.25, 0.3) is 0 Å². The first-order chi connectivity index (χ1) is 11.1. The molecule has 1 heterocycles. The number of fused-ring (bicyclic) bond motifs is 1. The molecule has 5 nitrogen and oxygen atoms in total. The molecule has 0 bridgehead atoms. The Bertz CT molecular complexity index is 924. The van der Waals surface area contributed by atoms with Crippen LogP contribution in [0.5, 0.6) is 5.75 Å². The van der Waals surface area contributed by atoms with Gasteiger partial charge in [-0.2, -0.15) is 0 Å². The van der Waals surface area contributed by atoms with Crippen molar-refractivity contribution in [2.45, 2.75) is 0 Å². The van der Waals surface area contributed by atoms with E-state index in [0.717, 1.165) is 11.6 Å². The van der Waals surface area contributed by atoms with Crippen molar-refractivity contribution in [3.63, 3.8) is 0 Å². The lowest BCUT2D eigenvalue weighted by molar-refractivity contribution is -0.385. The minimum Gasteiger partial charge on any atom is -0.501 e. The number of nitro benzene ring substituents is 1. The third kappa shape index (κ3) is 3.00. The maximum Gasteiger partial charge on any atom is 0.314 e. The van der Waals surface area contributed by atoms with E-state index in [2.05, 4.69) is 4.98 Å². The van der Waals surface area contributed by atoms with Crippen LogP contribution >= 0.6 is 11.6 Å². The summed E-state index contributed by atoms with van der Waals surface area (Å²) in [5, 5.41) is 21.7. The van der Waals surface area contributed by atoms with Crippen molar-refractivity contribution in [3.8, 4) is 5.75 Å². The summed E-state index contributed by atoms with van der Waals surface area (Å²) in [7, 11) is 0. The Labute approximate surface area is 136 Å². The van der Waals surface area contributed by atoms with Crippen LogP contribution in [0.3, 0.4) is 0 Å². The molecule has 0 saturated carbocycles. The topological polar surface area (TPSA) is 76.3 Å². The zero-order valence-corrected chi connectivity index (χ0v) is 12.6. The number of rotatable bonds is 3. The van der Waals surface area contributed by atoms with E-state index in [9.17, 15) is 15.2 Å². The summed E-state index contributed by atoms with van der Waals surface area (Å²) in [5.41, 5.74) is 1.21. The van der Waals surface area contributed by atoms with Crippen LogP contribution in [0.1, 0.15) is 11.3 Å². The van der Waals surface area contributed by atoms with E-state index < -0.39 is 16.4 Å². The molecular formula is C17H11ClN2O3. The van der Waals surface area contributed by atoms with E-state index in [0.29, 0.717) is 11.1 Å². The van der Waals surface area contributed by atoms with Crippen molar-refractivity contribution < 1.29 is 10.0 Å². The van der Waals surface area contributed by atoms with E-state index in [4.69, 9.17) is 11.6 Å². The maximum absolute atomic E-state index is 11.0. The van der Waals surface area contributed by atoms with Crippen molar-refractivity contribution in [1.82, 2.24) is 4.98 Å². The Morgan fingerprint density at radius 1 is 1.13 bits per heavy atom. The van der Waals surface area contributed by atoms with Gasteiger partial charge in [0.15, 0.2) is 0 Å². The largest absolute Gasteiger partial charge is 0.501 e. The molecule has 0 aliphatic carbocycles. The number of aromatic nitrogens is 1. The second-order valence-corrected chi connectivity index (χ2v) is 5.27. The molecule has 0 radical (unpaired) electrons. The highest BCUT2D eigenvalue weighted by molar-refractivity contribution is 6.36. The van der Waals surface area contributed by atoms with Gasteiger partial charge in [-0.15, -0.1) is 0 Å². The SMILES string of the molecule is O=[N+]([O-])c1cc(Cl)c2ccc(/C=C/c3ccccc3)nc2c1O. The number of nitro groups is 1. The fraction of sp³-hybridized carbons (Fsp3) is 0. The highest BCUT2D eigenvalue weighted by Crippen LogP contribution is 2.37. The molecule has 23 heavy (non-hydrogen) atoms. The number of benzene rings is 2.